The van der Waals surface area contributed by atoms with Gasteiger partial charge in [0.15, 0.2) is 0 Å². The van der Waals surface area contributed by atoms with Crippen LogP contribution in [0, 0.1) is 22.0 Å². The molecule has 1 aromatic carbocycles. The number of anilines is 1. The van der Waals surface area contributed by atoms with Gasteiger partial charge in [-0.05, 0) is 18.9 Å². The molecule has 1 aromatic rings. The lowest BCUT2D eigenvalue weighted by Gasteiger charge is -2.26. The van der Waals surface area contributed by atoms with Gasteiger partial charge in [-0.15, -0.1) is 0 Å². The molecule has 0 fully saturated rings. The molecular weight excluding hydrogens is 340 g/mol. The van der Waals surface area contributed by atoms with Crippen LogP contribution in [0.4, 0.5) is 11.4 Å². The van der Waals surface area contributed by atoms with Crippen molar-refractivity contribution in [3.05, 3.63) is 39.4 Å². The Morgan fingerprint density at radius 2 is 2.12 bits per heavy atom. The van der Waals surface area contributed by atoms with Gasteiger partial charge in [0.1, 0.15) is 5.75 Å². The number of non-ortho nitro benzene ring substituents is 1. The van der Waals surface area contributed by atoms with Crippen molar-refractivity contribution in [1.82, 2.24) is 0 Å². The fraction of sp³-hybridized carbons (Fsp3) is 0.333. The molecule has 9 heteroatoms. The predicted molar refractivity (Wildman–Crippen MR) is 86.1 cm³/mol. The Hall–Kier alpha value is -2.61. The van der Waals surface area contributed by atoms with Crippen molar-refractivity contribution in [1.29, 1.82) is 0 Å². The van der Waals surface area contributed by atoms with Gasteiger partial charge in [-0.1, -0.05) is 17.7 Å². The number of allylic oxidation sites excluding steroid dienone is 2. The van der Waals surface area contributed by atoms with Crippen LogP contribution in [0.2, 0.25) is 0 Å². The summed E-state index contributed by atoms with van der Waals surface area (Å²) in [5.41, 5.74) is -0.117. The van der Waals surface area contributed by atoms with E-state index in [0.717, 1.165) is 6.07 Å². The number of nitro groups is 1. The number of rotatable bonds is 5. The molecule has 1 amide bonds. The molecule has 24 heavy (non-hydrogen) atoms. The predicted octanol–water partition coefficient (Wildman–Crippen LogP) is 2.78. The largest absolute Gasteiger partial charge is 0.495 e. The van der Waals surface area contributed by atoms with Gasteiger partial charge in [-0.3, -0.25) is 19.7 Å². The average molecular weight is 355 g/mol. The zero-order valence-electron chi connectivity index (χ0n) is 12.7. The van der Waals surface area contributed by atoms with Crippen molar-refractivity contribution < 1.29 is 24.4 Å². The Balaban J connectivity index is 2.27. The van der Waals surface area contributed by atoms with Gasteiger partial charge in [0, 0.05) is 17.2 Å². The molecule has 0 saturated heterocycles. The lowest BCUT2D eigenvalue weighted by atomic mass is 9.82. The van der Waals surface area contributed by atoms with Crippen LogP contribution in [0.1, 0.15) is 12.8 Å². The number of methoxy groups -OCH3 is 1. The maximum atomic E-state index is 12.5. The van der Waals surface area contributed by atoms with Crippen molar-refractivity contribution in [2.75, 3.05) is 12.4 Å². The van der Waals surface area contributed by atoms with E-state index >= 15 is 0 Å². The molecule has 0 spiro atoms. The summed E-state index contributed by atoms with van der Waals surface area (Å²) in [6, 6.07) is 3.76. The van der Waals surface area contributed by atoms with Gasteiger partial charge in [0.05, 0.1) is 29.6 Å². The summed E-state index contributed by atoms with van der Waals surface area (Å²) in [5, 5.41) is 23.1. The van der Waals surface area contributed by atoms with Gasteiger partial charge in [0.2, 0.25) is 5.91 Å². The fourth-order valence-electron chi connectivity index (χ4n) is 2.54. The van der Waals surface area contributed by atoms with E-state index in [2.05, 4.69) is 5.32 Å². The van der Waals surface area contributed by atoms with Crippen LogP contribution in [0.3, 0.4) is 0 Å². The molecule has 2 rings (SSSR count). The summed E-state index contributed by atoms with van der Waals surface area (Å²) in [4.78, 5) is 34.1. The third-order valence-corrected chi connectivity index (χ3v) is 4.11. The maximum absolute atomic E-state index is 12.5. The minimum atomic E-state index is -1.10. The molecule has 0 aromatic heterocycles. The van der Waals surface area contributed by atoms with Crippen LogP contribution in [0.5, 0.6) is 5.75 Å². The first-order valence-corrected chi connectivity index (χ1v) is 7.42. The summed E-state index contributed by atoms with van der Waals surface area (Å²) >= 11 is 5.93. The molecule has 0 heterocycles. The summed E-state index contributed by atoms with van der Waals surface area (Å²) in [6.07, 6.45) is 1.83. The SMILES string of the molecule is COc1ccc([N+](=O)[O-])cc1NC(=O)[C@@H]1CC(Cl)=CC[C@H]1C(=O)O. The highest BCUT2D eigenvalue weighted by atomic mass is 35.5. The number of amides is 1. The van der Waals surface area contributed by atoms with Crippen LogP contribution in [0.15, 0.2) is 29.3 Å². The normalized spacial score (nSPS) is 20.0. The number of nitrogens with one attached hydrogen (secondary N) is 1. The maximum Gasteiger partial charge on any atom is 0.307 e. The monoisotopic (exact) mass is 354 g/mol. The van der Waals surface area contributed by atoms with Crippen molar-refractivity contribution >= 4 is 34.9 Å². The summed E-state index contributed by atoms with van der Waals surface area (Å²) in [6.45, 7) is 0. The Labute approximate surface area is 142 Å². The number of benzene rings is 1. The third-order valence-electron chi connectivity index (χ3n) is 3.80. The number of nitro benzene ring substituents is 1. The second kappa shape index (κ2) is 7.31. The van der Waals surface area contributed by atoms with Crippen molar-refractivity contribution in [3.8, 4) is 5.75 Å². The van der Waals surface area contributed by atoms with E-state index in [0.29, 0.717) is 5.03 Å². The van der Waals surface area contributed by atoms with Gasteiger partial charge in [0.25, 0.3) is 5.69 Å². The fourth-order valence-corrected chi connectivity index (χ4v) is 2.79. The summed E-state index contributed by atoms with van der Waals surface area (Å²) in [5.74, 6) is -3.21. The third kappa shape index (κ3) is 3.83. The van der Waals surface area contributed by atoms with Gasteiger partial charge < -0.3 is 15.2 Å². The molecule has 0 radical (unpaired) electrons. The smallest absolute Gasteiger partial charge is 0.307 e. The highest BCUT2D eigenvalue weighted by molar-refractivity contribution is 6.29. The van der Waals surface area contributed by atoms with Crippen LogP contribution < -0.4 is 10.1 Å². The average Bonchev–Trinajstić information content (AvgIpc) is 2.54. The zero-order valence-corrected chi connectivity index (χ0v) is 13.4. The Bertz CT molecular complexity index is 718. The highest BCUT2D eigenvalue weighted by Crippen LogP contribution is 2.34. The molecule has 0 bridgehead atoms. The molecule has 1 aliphatic carbocycles. The van der Waals surface area contributed by atoms with Crippen molar-refractivity contribution in [2.45, 2.75) is 12.8 Å². The second-order valence-electron chi connectivity index (χ2n) is 5.27. The van der Waals surface area contributed by atoms with E-state index in [1.165, 1.54) is 19.2 Å². The first kappa shape index (κ1) is 17.7. The number of aliphatic carboxylic acids is 1. The van der Waals surface area contributed by atoms with Crippen LogP contribution in [0.25, 0.3) is 0 Å². The Kier molecular flexibility index (Phi) is 5.40. The van der Waals surface area contributed by atoms with E-state index in [9.17, 15) is 24.8 Å². The molecular formula is C15H15ClN2O6. The molecule has 1 aliphatic rings. The van der Waals surface area contributed by atoms with Gasteiger partial charge in [-0.25, -0.2) is 0 Å². The quantitative estimate of drug-likeness (QED) is 0.619. The number of nitrogens with zero attached hydrogens (tertiary/aromatic N) is 1. The number of carbonyl (C=O) groups excluding carboxylic acids is 1. The number of carboxylic acid groups (broad SMARTS) is 1. The Morgan fingerprint density at radius 1 is 1.42 bits per heavy atom. The van der Waals surface area contributed by atoms with Crippen LogP contribution in [-0.4, -0.2) is 29.0 Å². The van der Waals surface area contributed by atoms with E-state index in [1.807, 2.05) is 0 Å². The van der Waals surface area contributed by atoms with Gasteiger partial charge in [-0.2, -0.15) is 0 Å². The lowest BCUT2D eigenvalue weighted by molar-refractivity contribution is -0.384. The molecule has 128 valence electrons. The van der Waals surface area contributed by atoms with E-state index < -0.39 is 28.6 Å². The molecule has 0 aliphatic heterocycles. The van der Waals surface area contributed by atoms with E-state index in [-0.39, 0.29) is 30.0 Å². The molecule has 0 saturated carbocycles. The molecule has 0 unspecified atom stereocenters. The van der Waals surface area contributed by atoms with Crippen LogP contribution >= 0.6 is 11.6 Å². The topological polar surface area (TPSA) is 119 Å². The standard InChI is InChI=1S/C15H15ClN2O6/c1-24-13-5-3-9(18(22)23)7-12(13)17-14(19)11-6-8(16)2-4-10(11)15(20)21/h2-3,5,7,10-11H,4,6H2,1H3,(H,17,19)(H,20,21)/t10-,11-/m1/s1. The zero-order chi connectivity index (χ0) is 17.9. The Morgan fingerprint density at radius 3 is 2.71 bits per heavy atom. The van der Waals surface area contributed by atoms with Crippen LogP contribution in [-0.2, 0) is 9.59 Å². The highest BCUT2D eigenvalue weighted by Gasteiger charge is 2.36. The summed E-state index contributed by atoms with van der Waals surface area (Å²) < 4.78 is 5.07. The number of halogens is 1. The first-order chi connectivity index (χ1) is 11.3. The second-order valence-corrected chi connectivity index (χ2v) is 5.76. The van der Waals surface area contributed by atoms with Crippen molar-refractivity contribution in [2.24, 2.45) is 11.8 Å². The number of hydrogen-bond acceptors (Lipinski definition) is 5. The lowest BCUT2D eigenvalue weighted by Crippen LogP contribution is -2.35. The van der Waals surface area contributed by atoms with Gasteiger partial charge >= 0.3 is 5.97 Å². The number of carbonyl (C=O) groups is 2. The minimum absolute atomic E-state index is 0.0988. The van der Waals surface area contributed by atoms with E-state index in [1.54, 1.807) is 6.08 Å². The summed E-state index contributed by atoms with van der Waals surface area (Å²) in [7, 11) is 1.36. The van der Waals surface area contributed by atoms with E-state index in [4.69, 9.17) is 16.3 Å². The number of ether oxygens (including phenoxy) is 1. The van der Waals surface area contributed by atoms with Crippen molar-refractivity contribution in [3.63, 3.8) is 0 Å². The number of hydrogen-bond donors (Lipinski definition) is 2. The first-order valence-electron chi connectivity index (χ1n) is 7.04. The molecule has 8 nitrogen and oxygen atoms in total. The number of carboxylic acids is 1. The molecule has 2 N–H and O–H groups in total. The molecule has 2 atom stereocenters. The minimum Gasteiger partial charge on any atom is -0.495 e.